The number of nitrogens with zero attached hydrogens (tertiary/aromatic N) is 1. The van der Waals surface area contributed by atoms with Gasteiger partial charge < -0.3 is 4.74 Å². The van der Waals surface area contributed by atoms with Gasteiger partial charge in [-0.15, -0.1) is 0 Å². The molecule has 3 nitrogen and oxygen atoms in total. The van der Waals surface area contributed by atoms with Crippen molar-refractivity contribution in [2.24, 2.45) is 0 Å². The molecular weight excluding hydrogens is 190 g/mol. The smallest absolute Gasteiger partial charge is 0.323 e. The first-order valence-electron chi connectivity index (χ1n) is 5.91. The van der Waals surface area contributed by atoms with Gasteiger partial charge in [0.15, 0.2) is 0 Å². The highest BCUT2D eigenvalue weighted by Crippen LogP contribution is 2.20. The van der Waals surface area contributed by atoms with E-state index in [1.807, 2.05) is 20.8 Å². The van der Waals surface area contributed by atoms with Crippen molar-refractivity contribution in [3.8, 4) is 0 Å². The molecule has 0 aliphatic carbocycles. The van der Waals surface area contributed by atoms with Crippen LogP contribution in [0.25, 0.3) is 0 Å². The minimum atomic E-state index is -0.364. The molecule has 1 fully saturated rings. The Morgan fingerprint density at radius 1 is 1.47 bits per heavy atom. The molecule has 0 N–H and O–H groups in total. The molecule has 0 aromatic heterocycles. The van der Waals surface area contributed by atoms with E-state index in [4.69, 9.17) is 4.74 Å². The van der Waals surface area contributed by atoms with Crippen LogP contribution in [-0.2, 0) is 9.53 Å². The van der Waals surface area contributed by atoms with E-state index in [2.05, 4.69) is 11.8 Å². The zero-order valence-electron chi connectivity index (χ0n) is 10.4. The number of esters is 1. The van der Waals surface area contributed by atoms with Crippen LogP contribution in [0.5, 0.6) is 0 Å². The molecule has 88 valence electrons. The normalized spacial score (nSPS) is 23.1. The summed E-state index contributed by atoms with van der Waals surface area (Å²) in [6.45, 7) is 9.95. The van der Waals surface area contributed by atoms with E-state index in [1.165, 1.54) is 0 Å². The molecule has 1 atom stereocenters. The fourth-order valence-corrected chi connectivity index (χ4v) is 2.02. The Morgan fingerprint density at radius 2 is 2.13 bits per heavy atom. The summed E-state index contributed by atoms with van der Waals surface area (Å²) in [6.07, 6.45) is 3.16. The van der Waals surface area contributed by atoms with Crippen molar-refractivity contribution in [2.75, 3.05) is 13.1 Å². The first kappa shape index (κ1) is 12.5. The lowest BCUT2D eigenvalue weighted by Crippen LogP contribution is -2.40. The van der Waals surface area contributed by atoms with E-state index in [-0.39, 0.29) is 17.6 Å². The van der Waals surface area contributed by atoms with Crippen molar-refractivity contribution < 1.29 is 9.53 Å². The van der Waals surface area contributed by atoms with Crippen LogP contribution in [0.3, 0.4) is 0 Å². The molecule has 1 heterocycles. The van der Waals surface area contributed by atoms with E-state index < -0.39 is 0 Å². The first-order chi connectivity index (χ1) is 6.94. The molecule has 15 heavy (non-hydrogen) atoms. The molecule has 0 saturated carbocycles. The van der Waals surface area contributed by atoms with Gasteiger partial charge in [0, 0.05) is 0 Å². The molecule has 1 aliphatic rings. The second-order valence-electron chi connectivity index (χ2n) is 5.23. The van der Waals surface area contributed by atoms with E-state index in [9.17, 15) is 4.79 Å². The Morgan fingerprint density at radius 3 is 2.67 bits per heavy atom. The molecule has 0 bridgehead atoms. The summed E-state index contributed by atoms with van der Waals surface area (Å²) >= 11 is 0. The minimum Gasteiger partial charge on any atom is -0.459 e. The molecule has 0 radical (unpaired) electrons. The molecule has 0 spiro atoms. The average molecular weight is 213 g/mol. The zero-order valence-corrected chi connectivity index (χ0v) is 10.4. The number of hydrogen-bond donors (Lipinski definition) is 0. The van der Waals surface area contributed by atoms with Crippen molar-refractivity contribution in [3.05, 3.63) is 0 Å². The zero-order chi connectivity index (χ0) is 11.5. The van der Waals surface area contributed by atoms with Crippen LogP contribution in [0, 0.1) is 0 Å². The van der Waals surface area contributed by atoms with Gasteiger partial charge in [0.25, 0.3) is 0 Å². The Balaban J connectivity index is 2.51. The van der Waals surface area contributed by atoms with Gasteiger partial charge in [0.05, 0.1) is 0 Å². The van der Waals surface area contributed by atoms with Gasteiger partial charge in [-0.25, -0.2) is 0 Å². The monoisotopic (exact) mass is 213 g/mol. The molecule has 3 heteroatoms. The predicted octanol–water partition coefficient (Wildman–Crippen LogP) is 2.20. The average Bonchev–Trinajstić information content (AvgIpc) is 2.49. The fourth-order valence-electron chi connectivity index (χ4n) is 2.02. The van der Waals surface area contributed by atoms with Crippen molar-refractivity contribution in [1.82, 2.24) is 4.90 Å². The van der Waals surface area contributed by atoms with Gasteiger partial charge in [-0.2, -0.15) is 0 Å². The van der Waals surface area contributed by atoms with Crippen LogP contribution in [0.1, 0.15) is 47.0 Å². The van der Waals surface area contributed by atoms with Crippen LogP contribution < -0.4 is 0 Å². The lowest BCUT2D eigenvalue weighted by molar-refractivity contribution is -0.160. The summed E-state index contributed by atoms with van der Waals surface area (Å²) in [7, 11) is 0. The molecule has 0 aromatic rings. The second-order valence-corrected chi connectivity index (χ2v) is 5.23. The van der Waals surface area contributed by atoms with E-state index in [0.29, 0.717) is 0 Å². The lowest BCUT2D eigenvalue weighted by Gasteiger charge is -2.26. The number of hydrogen-bond acceptors (Lipinski definition) is 3. The Kier molecular flexibility index (Phi) is 4.14. The molecular formula is C12H23NO2. The molecule has 1 saturated heterocycles. The van der Waals surface area contributed by atoms with Crippen molar-refractivity contribution in [1.29, 1.82) is 0 Å². The highest BCUT2D eigenvalue weighted by molar-refractivity contribution is 5.76. The molecule has 1 rings (SSSR count). The maximum absolute atomic E-state index is 11.9. The minimum absolute atomic E-state index is 0.00387. The summed E-state index contributed by atoms with van der Waals surface area (Å²) < 4.78 is 5.42. The quantitative estimate of drug-likeness (QED) is 0.673. The van der Waals surface area contributed by atoms with Gasteiger partial charge in [-0.3, -0.25) is 9.69 Å². The Hall–Kier alpha value is -0.570. The standard InChI is InChI=1S/C12H23NO2/c1-5-8-13-9-6-7-10(13)11(14)15-12(2,3)4/h10H,5-9H2,1-4H3. The number of carbonyl (C=O) groups excluding carboxylic acids is 1. The van der Waals surface area contributed by atoms with E-state index in [1.54, 1.807) is 0 Å². The van der Waals surface area contributed by atoms with Crippen LogP contribution in [0.15, 0.2) is 0 Å². The SMILES string of the molecule is CCCN1CCCC1C(=O)OC(C)(C)C. The summed E-state index contributed by atoms with van der Waals surface area (Å²) in [4.78, 5) is 14.1. The summed E-state index contributed by atoms with van der Waals surface area (Å²) in [5.74, 6) is -0.0477. The number of ether oxygens (including phenoxy) is 1. The van der Waals surface area contributed by atoms with Gasteiger partial charge in [0.2, 0.25) is 0 Å². The van der Waals surface area contributed by atoms with Crippen molar-refractivity contribution in [2.45, 2.75) is 58.6 Å². The number of likely N-dealkylation sites (tertiary alicyclic amines) is 1. The fraction of sp³-hybridized carbons (Fsp3) is 0.917. The maximum atomic E-state index is 11.9. The van der Waals surface area contributed by atoms with Crippen LogP contribution in [-0.4, -0.2) is 35.6 Å². The van der Waals surface area contributed by atoms with Gasteiger partial charge in [-0.1, -0.05) is 6.92 Å². The van der Waals surface area contributed by atoms with Gasteiger partial charge in [0.1, 0.15) is 11.6 Å². The molecule has 0 aromatic carbocycles. The lowest BCUT2D eigenvalue weighted by atomic mass is 10.1. The van der Waals surface area contributed by atoms with Gasteiger partial charge >= 0.3 is 5.97 Å². The van der Waals surface area contributed by atoms with Crippen molar-refractivity contribution >= 4 is 5.97 Å². The van der Waals surface area contributed by atoms with E-state index >= 15 is 0 Å². The molecule has 1 aliphatic heterocycles. The summed E-state index contributed by atoms with van der Waals surface area (Å²) in [6, 6.07) is 0.00387. The highest BCUT2D eigenvalue weighted by atomic mass is 16.6. The third-order valence-corrected chi connectivity index (χ3v) is 2.55. The summed E-state index contributed by atoms with van der Waals surface area (Å²) in [5.41, 5.74) is -0.364. The predicted molar refractivity (Wildman–Crippen MR) is 60.7 cm³/mol. The Labute approximate surface area is 92.8 Å². The molecule has 0 amide bonds. The highest BCUT2D eigenvalue weighted by Gasteiger charge is 2.33. The maximum Gasteiger partial charge on any atom is 0.323 e. The first-order valence-corrected chi connectivity index (χ1v) is 5.91. The topological polar surface area (TPSA) is 29.5 Å². The second kappa shape index (κ2) is 4.97. The Bertz CT molecular complexity index is 220. The van der Waals surface area contributed by atoms with Crippen LogP contribution >= 0.6 is 0 Å². The molecule has 1 unspecified atom stereocenters. The third-order valence-electron chi connectivity index (χ3n) is 2.55. The number of carbonyl (C=O) groups is 1. The van der Waals surface area contributed by atoms with Crippen LogP contribution in [0.2, 0.25) is 0 Å². The summed E-state index contributed by atoms with van der Waals surface area (Å²) in [5, 5.41) is 0. The van der Waals surface area contributed by atoms with Crippen LogP contribution in [0.4, 0.5) is 0 Å². The third kappa shape index (κ3) is 3.82. The van der Waals surface area contributed by atoms with Gasteiger partial charge in [-0.05, 0) is 53.1 Å². The van der Waals surface area contributed by atoms with E-state index in [0.717, 1.165) is 32.4 Å². The largest absolute Gasteiger partial charge is 0.459 e. The van der Waals surface area contributed by atoms with Crippen molar-refractivity contribution in [3.63, 3.8) is 0 Å². The number of rotatable bonds is 3.